The van der Waals surface area contributed by atoms with Crippen LogP contribution in [0.1, 0.15) is 25.8 Å². The molecule has 168 valence electrons. The number of anilines is 1. The summed E-state index contributed by atoms with van der Waals surface area (Å²) in [5.41, 5.74) is 0.834. The molecule has 0 aliphatic carbocycles. The van der Waals surface area contributed by atoms with Crippen LogP contribution in [0.25, 0.3) is 0 Å². The quantitative estimate of drug-likeness (QED) is 0.604. The second-order valence-corrected chi connectivity index (χ2v) is 9.13. The van der Waals surface area contributed by atoms with Crippen molar-refractivity contribution in [3.63, 3.8) is 0 Å². The molecule has 0 aliphatic rings. The van der Waals surface area contributed by atoms with Gasteiger partial charge in [0.25, 0.3) is 0 Å². The van der Waals surface area contributed by atoms with Gasteiger partial charge in [0.2, 0.25) is 21.8 Å². The molecule has 0 radical (unpaired) electrons. The van der Waals surface area contributed by atoms with E-state index in [4.69, 9.17) is 0 Å². The largest absolute Gasteiger partial charge is 0.354 e. The van der Waals surface area contributed by atoms with Crippen molar-refractivity contribution in [3.8, 4) is 0 Å². The minimum Gasteiger partial charge on any atom is -0.354 e. The lowest BCUT2D eigenvalue weighted by Crippen LogP contribution is -2.51. The first kappa shape index (κ1) is 24.3. The highest BCUT2D eigenvalue weighted by Gasteiger charge is 2.30. The van der Waals surface area contributed by atoms with E-state index >= 15 is 0 Å². The van der Waals surface area contributed by atoms with Crippen LogP contribution in [0.3, 0.4) is 0 Å². The molecule has 0 aliphatic heterocycles. The first-order valence-corrected chi connectivity index (χ1v) is 11.8. The van der Waals surface area contributed by atoms with Gasteiger partial charge >= 0.3 is 0 Å². The summed E-state index contributed by atoms with van der Waals surface area (Å²) < 4.78 is 39.2. The number of carbonyl (C=O) groups is 2. The molecule has 1 N–H and O–H groups in total. The maximum Gasteiger partial charge on any atom is 0.244 e. The lowest BCUT2D eigenvalue weighted by Gasteiger charge is -2.31. The molecule has 0 unspecified atom stereocenters. The fourth-order valence-electron chi connectivity index (χ4n) is 3.00. The molecular formula is C22H28FN3O4S. The zero-order chi connectivity index (χ0) is 23.0. The smallest absolute Gasteiger partial charge is 0.244 e. The van der Waals surface area contributed by atoms with E-state index < -0.39 is 34.3 Å². The number of benzene rings is 2. The minimum absolute atomic E-state index is 0.0404. The van der Waals surface area contributed by atoms with Gasteiger partial charge in [-0.2, -0.15) is 0 Å². The number of carbonyl (C=O) groups excluding carboxylic acids is 2. The van der Waals surface area contributed by atoms with Crippen LogP contribution in [0.15, 0.2) is 54.6 Å². The molecule has 2 rings (SSSR count). The SMILES string of the molecule is CCCNC(=O)[C@@H](C)N(Cc1ccccc1)C(=O)CN(c1cccc(F)c1)S(C)(=O)=O. The van der Waals surface area contributed by atoms with Gasteiger partial charge in [0.15, 0.2) is 0 Å². The van der Waals surface area contributed by atoms with E-state index in [1.54, 1.807) is 6.92 Å². The molecule has 0 saturated carbocycles. The van der Waals surface area contributed by atoms with E-state index in [9.17, 15) is 22.4 Å². The molecule has 7 nitrogen and oxygen atoms in total. The highest BCUT2D eigenvalue weighted by Crippen LogP contribution is 2.20. The van der Waals surface area contributed by atoms with E-state index in [1.165, 1.54) is 23.1 Å². The molecule has 9 heteroatoms. The molecule has 0 bridgehead atoms. The fourth-order valence-corrected chi connectivity index (χ4v) is 3.85. The third-order valence-electron chi connectivity index (χ3n) is 4.69. The number of amides is 2. The standard InChI is InChI=1S/C22H28FN3O4S/c1-4-13-24-22(28)17(2)25(15-18-9-6-5-7-10-18)21(27)16-26(31(3,29)30)20-12-8-11-19(23)14-20/h5-12,14,17H,4,13,15-16H2,1-3H3,(H,24,28)/t17-/m1/s1. The first-order chi connectivity index (χ1) is 14.6. The van der Waals surface area contributed by atoms with Crippen molar-refractivity contribution in [2.75, 3.05) is 23.7 Å². The summed E-state index contributed by atoms with van der Waals surface area (Å²) in [7, 11) is -3.88. The number of sulfonamides is 1. The Kier molecular flexibility index (Phi) is 8.56. The predicted molar refractivity (Wildman–Crippen MR) is 118 cm³/mol. The molecule has 0 spiro atoms. The third kappa shape index (κ3) is 7.06. The summed E-state index contributed by atoms with van der Waals surface area (Å²) in [6.45, 7) is 3.55. The highest BCUT2D eigenvalue weighted by atomic mass is 32.2. The van der Waals surface area contributed by atoms with Crippen molar-refractivity contribution in [1.82, 2.24) is 10.2 Å². The van der Waals surface area contributed by atoms with Crippen LogP contribution < -0.4 is 9.62 Å². The second-order valence-electron chi connectivity index (χ2n) is 7.22. The van der Waals surface area contributed by atoms with Crippen molar-refractivity contribution in [2.45, 2.75) is 32.9 Å². The maximum atomic E-state index is 13.7. The molecule has 31 heavy (non-hydrogen) atoms. The van der Waals surface area contributed by atoms with Crippen LogP contribution >= 0.6 is 0 Å². The van der Waals surface area contributed by atoms with Crippen molar-refractivity contribution in [2.24, 2.45) is 0 Å². The van der Waals surface area contributed by atoms with Gasteiger partial charge in [-0.3, -0.25) is 13.9 Å². The van der Waals surface area contributed by atoms with Crippen LogP contribution in [-0.4, -0.2) is 50.5 Å². The predicted octanol–water partition coefficient (Wildman–Crippen LogP) is 2.54. The van der Waals surface area contributed by atoms with Crippen LogP contribution in [0.4, 0.5) is 10.1 Å². The van der Waals surface area contributed by atoms with Gasteiger partial charge < -0.3 is 10.2 Å². The molecule has 0 aromatic heterocycles. The maximum absolute atomic E-state index is 13.7. The lowest BCUT2D eigenvalue weighted by atomic mass is 10.1. The number of hydrogen-bond acceptors (Lipinski definition) is 4. The molecule has 2 amide bonds. The molecule has 2 aromatic rings. The summed E-state index contributed by atoms with van der Waals surface area (Å²) in [5, 5.41) is 2.76. The van der Waals surface area contributed by atoms with E-state index in [1.807, 2.05) is 37.3 Å². The highest BCUT2D eigenvalue weighted by molar-refractivity contribution is 7.92. The molecular weight excluding hydrogens is 421 g/mol. The molecule has 0 saturated heterocycles. The zero-order valence-corrected chi connectivity index (χ0v) is 18.7. The van der Waals surface area contributed by atoms with Gasteiger partial charge in [0.05, 0.1) is 11.9 Å². The Balaban J connectivity index is 2.34. The Labute approximate surface area is 182 Å². The van der Waals surface area contributed by atoms with Gasteiger partial charge in [-0.25, -0.2) is 12.8 Å². The number of nitrogens with zero attached hydrogens (tertiary/aromatic N) is 2. The molecule has 2 aromatic carbocycles. The fraction of sp³-hybridized carbons (Fsp3) is 0.364. The van der Waals surface area contributed by atoms with Gasteiger partial charge in [-0.1, -0.05) is 43.3 Å². The Bertz CT molecular complexity index is 999. The Morgan fingerprint density at radius 3 is 2.35 bits per heavy atom. The summed E-state index contributed by atoms with van der Waals surface area (Å²) in [4.78, 5) is 27.1. The van der Waals surface area contributed by atoms with Gasteiger partial charge in [0, 0.05) is 13.1 Å². The van der Waals surface area contributed by atoms with Gasteiger partial charge in [-0.05, 0) is 37.1 Å². The van der Waals surface area contributed by atoms with E-state index in [-0.39, 0.29) is 18.1 Å². The van der Waals surface area contributed by atoms with Crippen molar-refractivity contribution in [1.29, 1.82) is 0 Å². The van der Waals surface area contributed by atoms with E-state index in [2.05, 4.69) is 5.32 Å². The van der Waals surface area contributed by atoms with Gasteiger partial charge in [-0.15, -0.1) is 0 Å². The third-order valence-corrected chi connectivity index (χ3v) is 5.83. The number of halogens is 1. The topological polar surface area (TPSA) is 86.8 Å². The summed E-state index contributed by atoms with van der Waals surface area (Å²) in [6.07, 6.45) is 1.69. The molecule has 0 fully saturated rings. The lowest BCUT2D eigenvalue weighted by molar-refractivity contribution is -0.139. The minimum atomic E-state index is -3.88. The average molecular weight is 450 g/mol. The van der Waals surface area contributed by atoms with E-state index in [0.29, 0.717) is 6.54 Å². The Morgan fingerprint density at radius 1 is 1.10 bits per heavy atom. The molecule has 1 atom stereocenters. The number of rotatable bonds is 10. The summed E-state index contributed by atoms with van der Waals surface area (Å²) in [6, 6.07) is 13.3. The summed E-state index contributed by atoms with van der Waals surface area (Å²) in [5.74, 6) is -1.52. The van der Waals surface area contributed by atoms with Crippen LogP contribution in [0, 0.1) is 5.82 Å². The van der Waals surface area contributed by atoms with Crippen LogP contribution in [0.5, 0.6) is 0 Å². The van der Waals surface area contributed by atoms with Crippen molar-refractivity contribution < 1.29 is 22.4 Å². The summed E-state index contributed by atoms with van der Waals surface area (Å²) >= 11 is 0. The van der Waals surface area contributed by atoms with Crippen LogP contribution in [0.2, 0.25) is 0 Å². The number of hydrogen-bond donors (Lipinski definition) is 1. The number of nitrogens with one attached hydrogen (secondary N) is 1. The average Bonchev–Trinajstić information content (AvgIpc) is 2.73. The monoisotopic (exact) mass is 449 g/mol. The van der Waals surface area contributed by atoms with Crippen molar-refractivity contribution >= 4 is 27.5 Å². The first-order valence-electron chi connectivity index (χ1n) is 9.98. The second kappa shape index (κ2) is 10.9. The molecule has 0 heterocycles. The Hall–Kier alpha value is -2.94. The zero-order valence-electron chi connectivity index (χ0n) is 17.9. The van der Waals surface area contributed by atoms with E-state index in [0.717, 1.165) is 28.6 Å². The normalized spacial score (nSPS) is 12.1. The Morgan fingerprint density at radius 2 is 1.77 bits per heavy atom. The van der Waals surface area contributed by atoms with Gasteiger partial charge in [0.1, 0.15) is 18.4 Å². The van der Waals surface area contributed by atoms with Crippen LogP contribution in [-0.2, 0) is 26.2 Å². The van der Waals surface area contributed by atoms with Crippen molar-refractivity contribution in [3.05, 3.63) is 66.0 Å².